The number of thiophene rings is 1. The Balaban J connectivity index is 2.41. The van der Waals surface area contributed by atoms with Crippen molar-refractivity contribution >= 4 is 11.3 Å². The van der Waals surface area contributed by atoms with Gasteiger partial charge in [-0.15, -0.1) is 11.3 Å². The molecule has 2 atom stereocenters. The average Bonchev–Trinajstić information content (AvgIpc) is 2.70. The van der Waals surface area contributed by atoms with Gasteiger partial charge in [0.15, 0.2) is 0 Å². The van der Waals surface area contributed by atoms with E-state index in [-0.39, 0.29) is 12.0 Å². The van der Waals surface area contributed by atoms with Gasteiger partial charge in [0.25, 0.3) is 0 Å². The van der Waals surface area contributed by atoms with Gasteiger partial charge in [-0.25, -0.2) is 0 Å². The molecular weight excluding hydrogens is 208 g/mol. The molecule has 0 bridgehead atoms. The lowest BCUT2D eigenvalue weighted by Crippen LogP contribution is -2.17. The minimum atomic E-state index is -0.317. The highest BCUT2D eigenvalue weighted by Gasteiger charge is 2.31. The van der Waals surface area contributed by atoms with Crippen molar-refractivity contribution in [2.24, 2.45) is 0 Å². The van der Waals surface area contributed by atoms with Gasteiger partial charge in [0.1, 0.15) is 0 Å². The van der Waals surface area contributed by atoms with Gasteiger partial charge >= 0.3 is 0 Å². The van der Waals surface area contributed by atoms with Crippen molar-refractivity contribution in [3.05, 3.63) is 20.9 Å². The van der Waals surface area contributed by atoms with Gasteiger partial charge in [-0.05, 0) is 31.4 Å². The van der Waals surface area contributed by atoms with Crippen LogP contribution in [0.2, 0.25) is 0 Å². The maximum Gasteiger partial charge on any atom is 0.0864 e. The Bertz CT molecular complexity index is 357. The first-order valence-electron chi connectivity index (χ1n) is 5.49. The molecule has 2 nitrogen and oxygen atoms in total. The van der Waals surface area contributed by atoms with Crippen molar-refractivity contribution in [1.29, 1.82) is 0 Å². The van der Waals surface area contributed by atoms with Crippen molar-refractivity contribution in [1.82, 2.24) is 0 Å². The number of aliphatic hydroxyl groups excluding tert-OH is 1. The maximum absolute atomic E-state index is 9.88. The van der Waals surface area contributed by atoms with Crippen LogP contribution in [0.3, 0.4) is 0 Å². The highest BCUT2D eigenvalue weighted by Crippen LogP contribution is 2.37. The third-order valence-electron chi connectivity index (χ3n) is 3.21. The van der Waals surface area contributed by atoms with E-state index in [4.69, 9.17) is 4.74 Å². The summed E-state index contributed by atoms with van der Waals surface area (Å²) in [6, 6.07) is 0. The molecule has 2 unspecified atom stereocenters. The van der Waals surface area contributed by atoms with E-state index in [9.17, 15) is 5.11 Å². The molecule has 1 saturated heterocycles. The lowest BCUT2D eigenvalue weighted by atomic mass is 9.91. The summed E-state index contributed by atoms with van der Waals surface area (Å²) in [5.41, 5.74) is 2.78. The molecule has 1 N–H and O–H groups in total. The van der Waals surface area contributed by atoms with Crippen molar-refractivity contribution in [2.45, 2.75) is 39.2 Å². The molecule has 15 heavy (non-hydrogen) atoms. The van der Waals surface area contributed by atoms with Crippen molar-refractivity contribution < 1.29 is 9.84 Å². The van der Waals surface area contributed by atoms with Crippen LogP contribution in [0.4, 0.5) is 0 Å². The van der Waals surface area contributed by atoms with E-state index >= 15 is 0 Å². The van der Waals surface area contributed by atoms with Crippen LogP contribution >= 0.6 is 11.3 Å². The molecule has 1 aromatic heterocycles. The minimum Gasteiger partial charge on any atom is -0.390 e. The Labute approximate surface area is 94.9 Å². The Morgan fingerprint density at radius 3 is 2.60 bits per heavy atom. The predicted molar refractivity (Wildman–Crippen MR) is 62.7 cm³/mol. The topological polar surface area (TPSA) is 29.5 Å². The van der Waals surface area contributed by atoms with Gasteiger partial charge in [-0.2, -0.15) is 0 Å². The Morgan fingerprint density at radius 2 is 2.07 bits per heavy atom. The number of rotatable bonds is 2. The summed E-state index contributed by atoms with van der Waals surface area (Å²) in [6.07, 6.45) is 0.734. The van der Waals surface area contributed by atoms with Crippen LogP contribution in [0.5, 0.6) is 0 Å². The summed E-state index contributed by atoms with van der Waals surface area (Å²) in [4.78, 5) is 2.74. The molecule has 0 radical (unpaired) electrons. The number of aryl methyl sites for hydroxylation is 2. The van der Waals surface area contributed by atoms with E-state index < -0.39 is 0 Å². The first-order chi connectivity index (χ1) is 7.15. The van der Waals surface area contributed by atoms with Gasteiger partial charge in [-0.1, -0.05) is 6.92 Å². The lowest BCUT2D eigenvalue weighted by molar-refractivity contribution is 0.124. The number of hydrogen-bond acceptors (Lipinski definition) is 3. The van der Waals surface area contributed by atoms with Crippen molar-refractivity contribution in [3.8, 4) is 0 Å². The summed E-state index contributed by atoms with van der Waals surface area (Å²) in [5, 5.41) is 9.88. The Hall–Kier alpha value is -0.380. The van der Waals surface area contributed by atoms with Gasteiger partial charge in [0, 0.05) is 15.7 Å². The molecule has 2 rings (SSSR count). The van der Waals surface area contributed by atoms with Gasteiger partial charge in [0.05, 0.1) is 19.3 Å². The summed E-state index contributed by atoms with van der Waals surface area (Å²) in [5.74, 6) is 0.199. The quantitative estimate of drug-likeness (QED) is 0.839. The Morgan fingerprint density at radius 1 is 1.33 bits per heavy atom. The molecule has 2 heterocycles. The molecule has 1 fully saturated rings. The van der Waals surface area contributed by atoms with Gasteiger partial charge < -0.3 is 9.84 Å². The fourth-order valence-electron chi connectivity index (χ4n) is 2.49. The van der Waals surface area contributed by atoms with Crippen molar-refractivity contribution in [3.63, 3.8) is 0 Å². The monoisotopic (exact) mass is 226 g/mol. The average molecular weight is 226 g/mol. The fourth-order valence-corrected chi connectivity index (χ4v) is 3.71. The molecule has 1 aliphatic heterocycles. The zero-order valence-corrected chi connectivity index (χ0v) is 10.4. The maximum atomic E-state index is 9.88. The predicted octanol–water partition coefficient (Wildman–Crippen LogP) is 2.40. The molecular formula is C12H18O2S. The van der Waals surface area contributed by atoms with Crippen LogP contribution in [-0.4, -0.2) is 24.4 Å². The smallest absolute Gasteiger partial charge is 0.0864 e. The van der Waals surface area contributed by atoms with Crippen LogP contribution in [0.1, 0.15) is 33.7 Å². The summed E-state index contributed by atoms with van der Waals surface area (Å²) >= 11 is 1.84. The second-order valence-electron chi connectivity index (χ2n) is 4.17. The van der Waals surface area contributed by atoms with E-state index in [1.165, 1.54) is 20.9 Å². The normalized spacial score (nSPS) is 26.1. The standard InChI is InChI=1S/C12H18O2S/c1-4-9-7(2)15-8(3)12(9)10-5-14-6-11(10)13/h10-11,13H,4-6H2,1-3H3. The van der Waals surface area contributed by atoms with E-state index in [2.05, 4.69) is 20.8 Å². The highest BCUT2D eigenvalue weighted by atomic mass is 32.1. The number of aliphatic hydroxyl groups is 1. The third-order valence-corrected chi connectivity index (χ3v) is 4.29. The van der Waals surface area contributed by atoms with E-state index in [0.717, 1.165) is 6.42 Å². The minimum absolute atomic E-state index is 0.199. The zero-order valence-electron chi connectivity index (χ0n) is 9.54. The molecule has 0 spiro atoms. The van der Waals surface area contributed by atoms with Gasteiger partial charge in [-0.3, -0.25) is 0 Å². The molecule has 3 heteroatoms. The second kappa shape index (κ2) is 4.24. The number of hydrogen-bond donors (Lipinski definition) is 1. The molecule has 1 aliphatic rings. The van der Waals surface area contributed by atoms with E-state index in [1.54, 1.807) is 0 Å². The van der Waals surface area contributed by atoms with Crippen LogP contribution < -0.4 is 0 Å². The first-order valence-corrected chi connectivity index (χ1v) is 6.31. The summed E-state index contributed by atoms with van der Waals surface area (Å²) < 4.78 is 5.34. The molecule has 0 aromatic carbocycles. The SMILES string of the molecule is CCc1c(C)sc(C)c1C1COCC1O. The van der Waals surface area contributed by atoms with E-state index in [0.29, 0.717) is 13.2 Å². The molecule has 0 amide bonds. The number of ether oxygens (including phenoxy) is 1. The molecule has 0 aliphatic carbocycles. The van der Waals surface area contributed by atoms with Crippen LogP contribution in [0.25, 0.3) is 0 Å². The molecule has 84 valence electrons. The van der Waals surface area contributed by atoms with Crippen LogP contribution in [-0.2, 0) is 11.2 Å². The van der Waals surface area contributed by atoms with Crippen LogP contribution in [0, 0.1) is 13.8 Å². The van der Waals surface area contributed by atoms with Crippen LogP contribution in [0.15, 0.2) is 0 Å². The van der Waals surface area contributed by atoms with Crippen molar-refractivity contribution in [2.75, 3.05) is 13.2 Å². The lowest BCUT2D eigenvalue weighted by Gasteiger charge is -2.15. The highest BCUT2D eigenvalue weighted by molar-refractivity contribution is 7.12. The van der Waals surface area contributed by atoms with Gasteiger partial charge in [0.2, 0.25) is 0 Å². The largest absolute Gasteiger partial charge is 0.390 e. The fraction of sp³-hybridized carbons (Fsp3) is 0.667. The van der Waals surface area contributed by atoms with E-state index in [1.807, 2.05) is 11.3 Å². The molecule has 1 aromatic rings. The molecule has 0 saturated carbocycles. The first kappa shape index (κ1) is 11.1. The third kappa shape index (κ3) is 1.84. The zero-order chi connectivity index (χ0) is 11.0. The summed E-state index contributed by atoms with van der Waals surface area (Å²) in [6.45, 7) is 7.66. The summed E-state index contributed by atoms with van der Waals surface area (Å²) in [7, 11) is 0. The second-order valence-corrected chi connectivity index (χ2v) is 5.60. The Kier molecular flexibility index (Phi) is 3.14.